The lowest BCUT2D eigenvalue weighted by Gasteiger charge is -2.24. The fourth-order valence-corrected chi connectivity index (χ4v) is 5.56. The van der Waals surface area contributed by atoms with Crippen molar-refractivity contribution in [2.24, 2.45) is 0 Å². The lowest BCUT2D eigenvalue weighted by molar-refractivity contribution is -0.119. The number of benzene rings is 1. The molecule has 0 saturated carbocycles. The van der Waals surface area contributed by atoms with Crippen molar-refractivity contribution in [3.8, 4) is 0 Å². The summed E-state index contributed by atoms with van der Waals surface area (Å²) in [4.78, 5) is 39.2. The Bertz CT molecular complexity index is 858. The molecule has 0 spiro atoms. The number of carbonyl (C=O) groups is 3. The zero-order chi connectivity index (χ0) is 24.6. The van der Waals surface area contributed by atoms with Crippen LogP contribution in [0, 0.1) is 7.14 Å². The van der Waals surface area contributed by atoms with E-state index in [0.717, 1.165) is 4.90 Å². The highest BCUT2D eigenvalue weighted by molar-refractivity contribution is 14.1. The van der Waals surface area contributed by atoms with Crippen molar-refractivity contribution in [1.82, 2.24) is 10.2 Å². The predicted octanol–water partition coefficient (Wildman–Crippen LogP) is -0.358. The molecule has 0 aliphatic rings. The maximum absolute atomic E-state index is 13.1. The number of amides is 3. The molecule has 0 aliphatic heterocycles. The van der Waals surface area contributed by atoms with Crippen molar-refractivity contribution in [3.05, 3.63) is 23.3 Å². The second-order valence-corrected chi connectivity index (χ2v) is 9.15. The maximum Gasteiger partial charge on any atom is 0.255 e. The standard InChI is InChI=1S/C18H24ClI2N3O8/c1-24(4-9(28)6-26)18(31)12-14(20)11(17(30)22-3-8(27)5-25)13(19)16(15(12)21)23-10(29)7-32-2/h8-9,25-28H,3-7H2,1-2H3,(H,22,30)(H,23,29). The number of hydrogen-bond acceptors (Lipinski definition) is 8. The van der Waals surface area contributed by atoms with E-state index in [2.05, 4.69) is 10.6 Å². The number of nitrogens with one attached hydrogen (secondary N) is 2. The second kappa shape index (κ2) is 13.8. The third-order valence-electron chi connectivity index (χ3n) is 4.05. The van der Waals surface area contributed by atoms with Crippen LogP contribution in [0.25, 0.3) is 0 Å². The van der Waals surface area contributed by atoms with Crippen LogP contribution in [-0.2, 0) is 9.53 Å². The molecule has 11 nitrogen and oxygen atoms in total. The van der Waals surface area contributed by atoms with Crippen LogP contribution in [0.4, 0.5) is 5.69 Å². The number of anilines is 1. The number of likely N-dealkylation sites (N-methyl/N-ethyl adjacent to an activating group) is 1. The minimum Gasteiger partial charge on any atom is -0.394 e. The predicted molar refractivity (Wildman–Crippen MR) is 133 cm³/mol. The third-order valence-corrected chi connectivity index (χ3v) is 6.58. The molecule has 0 bridgehead atoms. The van der Waals surface area contributed by atoms with Gasteiger partial charge in [-0.3, -0.25) is 14.4 Å². The van der Waals surface area contributed by atoms with Gasteiger partial charge in [0, 0.05) is 30.8 Å². The first-order valence-corrected chi connectivity index (χ1v) is 11.6. The van der Waals surface area contributed by atoms with Gasteiger partial charge < -0.3 is 40.7 Å². The van der Waals surface area contributed by atoms with Gasteiger partial charge in [-0.15, -0.1) is 0 Å². The molecular formula is C18H24ClI2N3O8. The van der Waals surface area contributed by atoms with Gasteiger partial charge in [-0.1, -0.05) is 11.6 Å². The summed E-state index contributed by atoms with van der Waals surface area (Å²) in [6, 6.07) is 0. The van der Waals surface area contributed by atoms with Gasteiger partial charge in [-0.2, -0.15) is 0 Å². The topological polar surface area (TPSA) is 169 Å². The number of methoxy groups -OCH3 is 1. The third kappa shape index (κ3) is 7.61. The quantitative estimate of drug-likeness (QED) is 0.170. The second-order valence-electron chi connectivity index (χ2n) is 6.62. The van der Waals surface area contributed by atoms with E-state index in [0.29, 0.717) is 0 Å². The zero-order valence-corrected chi connectivity index (χ0v) is 22.3. The van der Waals surface area contributed by atoms with Crippen molar-refractivity contribution in [2.75, 3.05) is 52.4 Å². The highest BCUT2D eigenvalue weighted by atomic mass is 127. The first kappa shape index (κ1) is 29.2. The van der Waals surface area contributed by atoms with Crippen LogP contribution < -0.4 is 10.6 Å². The summed E-state index contributed by atoms with van der Waals surface area (Å²) in [6.45, 7) is -1.87. The Hall–Kier alpha value is -0.820. The Morgan fingerprint density at radius 3 is 2.22 bits per heavy atom. The van der Waals surface area contributed by atoms with Gasteiger partial charge in [0.1, 0.15) is 6.61 Å². The molecule has 0 aromatic heterocycles. The van der Waals surface area contributed by atoms with E-state index in [4.69, 9.17) is 26.6 Å². The van der Waals surface area contributed by atoms with E-state index in [9.17, 15) is 24.6 Å². The van der Waals surface area contributed by atoms with Crippen LogP contribution in [-0.4, -0.2) is 102 Å². The number of aliphatic hydroxyl groups is 4. The molecule has 0 saturated heterocycles. The summed E-state index contributed by atoms with van der Waals surface area (Å²) in [6.07, 6.45) is -2.37. The average molecular weight is 700 g/mol. The normalized spacial score (nSPS) is 12.8. The van der Waals surface area contributed by atoms with Crippen molar-refractivity contribution >= 4 is 80.2 Å². The lowest BCUT2D eigenvalue weighted by atomic mass is 10.1. The summed E-state index contributed by atoms with van der Waals surface area (Å²) in [5.41, 5.74) is -0.0594. The van der Waals surface area contributed by atoms with Gasteiger partial charge in [0.05, 0.1) is 50.8 Å². The Labute approximate surface area is 216 Å². The highest BCUT2D eigenvalue weighted by Gasteiger charge is 2.30. The Balaban J connectivity index is 3.57. The van der Waals surface area contributed by atoms with Gasteiger partial charge in [-0.25, -0.2) is 0 Å². The molecule has 6 N–H and O–H groups in total. The zero-order valence-electron chi connectivity index (χ0n) is 17.2. The van der Waals surface area contributed by atoms with E-state index in [1.165, 1.54) is 14.2 Å². The maximum atomic E-state index is 13.1. The van der Waals surface area contributed by atoms with E-state index < -0.39 is 43.1 Å². The molecule has 14 heteroatoms. The van der Waals surface area contributed by atoms with Gasteiger partial charge in [-0.05, 0) is 45.2 Å². The van der Waals surface area contributed by atoms with Crippen molar-refractivity contribution in [2.45, 2.75) is 12.2 Å². The summed E-state index contributed by atoms with van der Waals surface area (Å²) in [5.74, 6) is -1.90. The Kier molecular flexibility index (Phi) is 12.6. The molecule has 32 heavy (non-hydrogen) atoms. The molecule has 0 heterocycles. The molecule has 1 rings (SSSR count). The van der Waals surface area contributed by atoms with E-state index in [1.54, 1.807) is 22.6 Å². The first-order valence-electron chi connectivity index (χ1n) is 9.10. The summed E-state index contributed by atoms with van der Waals surface area (Å²) in [7, 11) is 2.73. The first-order chi connectivity index (χ1) is 15.0. The number of aliphatic hydroxyl groups excluding tert-OH is 4. The minimum atomic E-state index is -1.20. The average Bonchev–Trinajstić information content (AvgIpc) is 2.74. The van der Waals surface area contributed by atoms with Gasteiger partial charge in [0.2, 0.25) is 5.91 Å². The summed E-state index contributed by atoms with van der Waals surface area (Å²) < 4.78 is 5.22. The molecular weight excluding hydrogens is 675 g/mol. The van der Waals surface area contributed by atoms with Gasteiger partial charge in [0.25, 0.3) is 11.8 Å². The van der Waals surface area contributed by atoms with Crippen LogP contribution in [0.15, 0.2) is 0 Å². The van der Waals surface area contributed by atoms with E-state index >= 15 is 0 Å². The SMILES string of the molecule is COCC(=O)Nc1c(Cl)c(C(=O)NCC(O)CO)c(I)c(C(=O)N(C)CC(O)CO)c1I. The van der Waals surface area contributed by atoms with E-state index in [-0.39, 0.29) is 48.7 Å². The van der Waals surface area contributed by atoms with Crippen LogP contribution >= 0.6 is 56.8 Å². The largest absolute Gasteiger partial charge is 0.394 e. The Morgan fingerprint density at radius 2 is 1.69 bits per heavy atom. The van der Waals surface area contributed by atoms with Crippen molar-refractivity contribution < 1.29 is 39.5 Å². The Morgan fingerprint density at radius 1 is 1.09 bits per heavy atom. The number of carbonyl (C=O) groups excluding carboxylic acids is 3. The molecule has 1 aromatic carbocycles. The lowest BCUT2D eigenvalue weighted by Crippen LogP contribution is -2.38. The van der Waals surface area contributed by atoms with Gasteiger partial charge >= 0.3 is 0 Å². The van der Waals surface area contributed by atoms with Crippen LogP contribution in [0.1, 0.15) is 20.7 Å². The summed E-state index contributed by atoms with van der Waals surface area (Å²) in [5, 5.41) is 42.0. The molecule has 3 amide bonds. The number of ether oxygens (including phenoxy) is 1. The van der Waals surface area contributed by atoms with Crippen LogP contribution in [0.3, 0.4) is 0 Å². The smallest absolute Gasteiger partial charge is 0.255 e. The van der Waals surface area contributed by atoms with E-state index in [1.807, 2.05) is 22.6 Å². The molecule has 2 atom stereocenters. The fourth-order valence-electron chi connectivity index (χ4n) is 2.48. The number of hydrogen-bond donors (Lipinski definition) is 6. The highest BCUT2D eigenvalue weighted by Crippen LogP contribution is 2.38. The molecule has 1 aromatic rings. The van der Waals surface area contributed by atoms with Gasteiger partial charge in [0.15, 0.2) is 0 Å². The number of nitrogens with zero attached hydrogens (tertiary/aromatic N) is 1. The molecule has 0 aliphatic carbocycles. The number of rotatable bonds is 11. The van der Waals surface area contributed by atoms with Crippen LogP contribution in [0.2, 0.25) is 5.02 Å². The van der Waals surface area contributed by atoms with Crippen molar-refractivity contribution in [3.63, 3.8) is 0 Å². The molecule has 2 unspecified atom stereocenters. The van der Waals surface area contributed by atoms with Crippen LogP contribution in [0.5, 0.6) is 0 Å². The number of halogens is 3. The molecule has 0 radical (unpaired) electrons. The van der Waals surface area contributed by atoms with Crippen molar-refractivity contribution in [1.29, 1.82) is 0 Å². The summed E-state index contributed by atoms with van der Waals surface area (Å²) >= 11 is 10.0. The monoisotopic (exact) mass is 699 g/mol. The fraction of sp³-hybridized carbons (Fsp3) is 0.500. The molecule has 180 valence electrons. The minimum absolute atomic E-state index is 0.0158. The molecule has 0 fully saturated rings.